The van der Waals surface area contributed by atoms with Gasteiger partial charge in [0.05, 0.1) is 12.0 Å². The maximum atomic E-state index is 13.9. The quantitative estimate of drug-likeness (QED) is 0.888. The van der Waals surface area contributed by atoms with Crippen LogP contribution in [0.3, 0.4) is 0 Å². The molecule has 0 aliphatic carbocycles. The molecule has 2 aromatic carbocycles. The van der Waals surface area contributed by atoms with Crippen molar-refractivity contribution >= 4 is 17.5 Å². The van der Waals surface area contributed by atoms with Crippen LogP contribution in [-0.2, 0) is 11.2 Å². The van der Waals surface area contributed by atoms with E-state index in [1.807, 2.05) is 24.3 Å². The first-order valence-electron chi connectivity index (χ1n) is 7.87. The van der Waals surface area contributed by atoms with Crippen LogP contribution in [0.1, 0.15) is 18.9 Å². The SMILES string of the molecule is CC1(CO)C[C@@H](Cc2ccc(-c3cc(Cl)ccc3F)cc2)NC1=O. The van der Waals surface area contributed by atoms with Crippen LogP contribution in [0.15, 0.2) is 42.5 Å². The Bertz CT molecular complexity index is 762. The molecule has 1 aliphatic heterocycles. The topological polar surface area (TPSA) is 49.3 Å². The number of hydrogen-bond acceptors (Lipinski definition) is 2. The first-order chi connectivity index (χ1) is 11.4. The fraction of sp³-hybridized carbons (Fsp3) is 0.316. The summed E-state index contributed by atoms with van der Waals surface area (Å²) in [7, 11) is 0. The third kappa shape index (κ3) is 3.30. The summed E-state index contributed by atoms with van der Waals surface area (Å²) in [5.41, 5.74) is 1.58. The number of benzene rings is 2. The summed E-state index contributed by atoms with van der Waals surface area (Å²) in [5.74, 6) is -0.415. The lowest BCUT2D eigenvalue weighted by atomic mass is 9.87. The number of rotatable bonds is 4. The number of hydrogen-bond donors (Lipinski definition) is 2. The highest BCUT2D eigenvalue weighted by molar-refractivity contribution is 6.30. The van der Waals surface area contributed by atoms with Crippen molar-refractivity contribution in [3.63, 3.8) is 0 Å². The van der Waals surface area contributed by atoms with Crippen molar-refractivity contribution in [3.8, 4) is 11.1 Å². The van der Waals surface area contributed by atoms with Crippen LogP contribution in [0.2, 0.25) is 5.02 Å². The lowest BCUT2D eigenvalue weighted by Crippen LogP contribution is -2.32. The van der Waals surface area contributed by atoms with Crippen LogP contribution in [0.25, 0.3) is 11.1 Å². The third-order valence-corrected chi connectivity index (χ3v) is 4.84. The Balaban J connectivity index is 1.74. The van der Waals surface area contributed by atoms with E-state index in [4.69, 9.17) is 11.6 Å². The molecule has 3 nitrogen and oxygen atoms in total. The number of amides is 1. The third-order valence-electron chi connectivity index (χ3n) is 4.60. The zero-order chi connectivity index (χ0) is 17.3. The van der Waals surface area contributed by atoms with Crippen LogP contribution in [0.5, 0.6) is 0 Å². The van der Waals surface area contributed by atoms with E-state index >= 15 is 0 Å². The van der Waals surface area contributed by atoms with Crippen LogP contribution in [0, 0.1) is 11.2 Å². The van der Waals surface area contributed by atoms with E-state index in [0.717, 1.165) is 11.1 Å². The van der Waals surface area contributed by atoms with E-state index < -0.39 is 5.41 Å². The summed E-state index contributed by atoms with van der Waals surface area (Å²) >= 11 is 5.94. The largest absolute Gasteiger partial charge is 0.395 e. The first-order valence-corrected chi connectivity index (χ1v) is 8.25. The molecule has 0 radical (unpaired) electrons. The van der Waals surface area contributed by atoms with Gasteiger partial charge in [0.25, 0.3) is 0 Å². The molecule has 0 spiro atoms. The lowest BCUT2D eigenvalue weighted by Gasteiger charge is -2.16. The van der Waals surface area contributed by atoms with E-state index in [9.17, 15) is 14.3 Å². The normalized spacial score (nSPS) is 23.3. The molecule has 0 bridgehead atoms. The summed E-state index contributed by atoms with van der Waals surface area (Å²) in [6.45, 7) is 1.62. The molecule has 2 N–H and O–H groups in total. The molecule has 2 aromatic rings. The van der Waals surface area contributed by atoms with Gasteiger partial charge < -0.3 is 10.4 Å². The maximum absolute atomic E-state index is 13.9. The fourth-order valence-electron chi connectivity index (χ4n) is 3.13. The van der Waals surface area contributed by atoms with Crippen molar-refractivity contribution in [2.75, 3.05) is 6.61 Å². The molecule has 1 heterocycles. The molecule has 0 saturated carbocycles. The first kappa shape index (κ1) is 16.9. The van der Waals surface area contributed by atoms with Crippen molar-refractivity contribution < 1.29 is 14.3 Å². The highest BCUT2D eigenvalue weighted by Crippen LogP contribution is 2.31. The summed E-state index contributed by atoms with van der Waals surface area (Å²) in [6.07, 6.45) is 1.28. The zero-order valence-electron chi connectivity index (χ0n) is 13.4. The molecule has 1 saturated heterocycles. The predicted molar refractivity (Wildman–Crippen MR) is 92.3 cm³/mol. The Kier molecular flexibility index (Phi) is 4.61. The number of aliphatic hydroxyl groups excluding tert-OH is 1. The van der Waals surface area contributed by atoms with Gasteiger partial charge in [-0.1, -0.05) is 35.9 Å². The molecular formula is C19H19ClFNO2. The van der Waals surface area contributed by atoms with Crippen molar-refractivity contribution in [2.24, 2.45) is 5.41 Å². The molecule has 0 aromatic heterocycles. The van der Waals surface area contributed by atoms with E-state index in [2.05, 4.69) is 5.32 Å². The molecule has 24 heavy (non-hydrogen) atoms. The van der Waals surface area contributed by atoms with E-state index in [0.29, 0.717) is 23.4 Å². The average Bonchev–Trinajstić information content (AvgIpc) is 2.85. The van der Waals surface area contributed by atoms with Gasteiger partial charge in [0, 0.05) is 16.6 Å². The van der Waals surface area contributed by atoms with Crippen molar-refractivity contribution in [3.05, 3.63) is 58.9 Å². The molecule has 5 heteroatoms. The second-order valence-electron chi connectivity index (χ2n) is 6.62. The number of carbonyl (C=O) groups excluding carboxylic acids is 1. The van der Waals surface area contributed by atoms with Crippen LogP contribution in [-0.4, -0.2) is 23.7 Å². The molecule has 2 atom stereocenters. The summed E-state index contributed by atoms with van der Waals surface area (Å²) in [4.78, 5) is 11.9. The van der Waals surface area contributed by atoms with Gasteiger partial charge >= 0.3 is 0 Å². The van der Waals surface area contributed by atoms with Crippen LogP contribution < -0.4 is 5.32 Å². The summed E-state index contributed by atoms with van der Waals surface area (Å²) < 4.78 is 13.9. The molecular weight excluding hydrogens is 329 g/mol. The summed E-state index contributed by atoms with van der Waals surface area (Å²) in [5, 5.41) is 12.8. The molecule has 126 valence electrons. The van der Waals surface area contributed by atoms with Gasteiger partial charge in [0.15, 0.2) is 0 Å². The Labute approximate surface area is 145 Å². The van der Waals surface area contributed by atoms with Crippen LogP contribution >= 0.6 is 11.6 Å². The van der Waals surface area contributed by atoms with Gasteiger partial charge in [-0.2, -0.15) is 0 Å². The van der Waals surface area contributed by atoms with Crippen LogP contribution in [0.4, 0.5) is 4.39 Å². The molecule has 1 fully saturated rings. The second kappa shape index (κ2) is 6.54. The monoisotopic (exact) mass is 347 g/mol. The van der Waals surface area contributed by atoms with Crippen molar-refractivity contribution in [1.29, 1.82) is 0 Å². The highest BCUT2D eigenvalue weighted by Gasteiger charge is 2.42. The van der Waals surface area contributed by atoms with Gasteiger partial charge in [-0.3, -0.25) is 4.79 Å². The Morgan fingerprint density at radius 2 is 2.00 bits per heavy atom. The number of nitrogens with one attached hydrogen (secondary N) is 1. The number of carbonyl (C=O) groups is 1. The summed E-state index contributed by atoms with van der Waals surface area (Å²) in [6, 6.07) is 12.1. The van der Waals surface area contributed by atoms with Gasteiger partial charge in [-0.25, -0.2) is 4.39 Å². The smallest absolute Gasteiger partial charge is 0.228 e. The molecule has 3 rings (SSSR count). The van der Waals surface area contributed by atoms with E-state index in [1.165, 1.54) is 12.1 Å². The maximum Gasteiger partial charge on any atom is 0.228 e. The molecule has 1 unspecified atom stereocenters. The molecule has 1 amide bonds. The molecule has 1 aliphatic rings. The minimum absolute atomic E-state index is 0.00315. The van der Waals surface area contributed by atoms with Gasteiger partial charge in [-0.05, 0) is 49.1 Å². The number of halogens is 2. The number of aliphatic hydroxyl groups is 1. The highest BCUT2D eigenvalue weighted by atomic mass is 35.5. The second-order valence-corrected chi connectivity index (χ2v) is 7.05. The Hall–Kier alpha value is -1.91. The average molecular weight is 348 g/mol. The van der Waals surface area contributed by atoms with E-state index in [-0.39, 0.29) is 24.4 Å². The van der Waals surface area contributed by atoms with Gasteiger partial charge in [0.1, 0.15) is 5.82 Å². The Morgan fingerprint density at radius 1 is 1.29 bits per heavy atom. The zero-order valence-corrected chi connectivity index (χ0v) is 14.1. The van der Waals surface area contributed by atoms with Gasteiger partial charge in [0.2, 0.25) is 5.91 Å². The Morgan fingerprint density at radius 3 is 2.62 bits per heavy atom. The standard InChI is InChI=1S/C19H19ClFNO2/c1-19(11-23)10-15(22-18(19)24)8-12-2-4-13(5-3-12)16-9-14(20)6-7-17(16)21/h2-7,9,15,23H,8,10-11H2,1H3,(H,22,24)/t15-,19?/m1/s1. The van der Waals surface area contributed by atoms with Crippen molar-refractivity contribution in [2.45, 2.75) is 25.8 Å². The fourth-order valence-corrected chi connectivity index (χ4v) is 3.30. The van der Waals surface area contributed by atoms with Crippen molar-refractivity contribution in [1.82, 2.24) is 5.32 Å². The minimum atomic E-state index is -0.700. The van der Waals surface area contributed by atoms with Gasteiger partial charge in [-0.15, -0.1) is 0 Å². The minimum Gasteiger partial charge on any atom is -0.395 e. The van der Waals surface area contributed by atoms with E-state index in [1.54, 1.807) is 13.0 Å². The predicted octanol–water partition coefficient (Wildman–Crippen LogP) is 3.58. The lowest BCUT2D eigenvalue weighted by molar-refractivity contribution is -0.128.